The lowest BCUT2D eigenvalue weighted by Gasteiger charge is -2.11. The van der Waals surface area contributed by atoms with Gasteiger partial charge < -0.3 is 5.11 Å². The Morgan fingerprint density at radius 1 is 1.00 bits per heavy atom. The van der Waals surface area contributed by atoms with Crippen molar-refractivity contribution < 1.29 is 19.6 Å². The highest BCUT2D eigenvalue weighted by Crippen LogP contribution is 2.33. The summed E-state index contributed by atoms with van der Waals surface area (Å²) in [6.45, 7) is 1.95. The second-order valence-electron chi connectivity index (χ2n) is 6.74. The van der Waals surface area contributed by atoms with Gasteiger partial charge in [0, 0.05) is 6.07 Å². The van der Waals surface area contributed by atoms with E-state index in [2.05, 4.69) is 46.3 Å². The molecule has 0 aliphatic carbocycles. The van der Waals surface area contributed by atoms with Crippen molar-refractivity contribution in [3.05, 3.63) is 67.8 Å². The number of nitro groups is 2. The molecule has 16 heteroatoms. The molecule has 2 aromatic carbocycles. The van der Waals surface area contributed by atoms with Crippen LogP contribution < -0.4 is 16.3 Å². The molecule has 0 saturated heterocycles. The van der Waals surface area contributed by atoms with Crippen LogP contribution in [0.4, 0.5) is 28.7 Å². The normalized spacial score (nSPS) is 11.0. The van der Waals surface area contributed by atoms with Crippen molar-refractivity contribution in [1.82, 2.24) is 20.3 Å². The number of hydrogen-bond donors (Lipinski definition) is 4. The Morgan fingerprint density at radius 3 is 2.32 bits per heavy atom. The Bertz CT molecular complexity index is 1420. The molecular formula is C18H14N10O6. The number of aromatic hydroxyl groups is 1. The number of nitro benzene ring substituents is 2. The molecule has 4 rings (SSSR count). The smallest absolute Gasteiger partial charge is 0.318 e. The van der Waals surface area contributed by atoms with Crippen molar-refractivity contribution in [2.45, 2.75) is 6.92 Å². The van der Waals surface area contributed by atoms with Gasteiger partial charge in [-0.2, -0.15) is 15.1 Å². The molecule has 0 aliphatic rings. The number of hydrazine groups is 1. The van der Waals surface area contributed by atoms with Gasteiger partial charge in [-0.1, -0.05) is 17.7 Å². The number of hydrogen-bond acceptors (Lipinski definition) is 14. The zero-order chi connectivity index (χ0) is 24.2. The maximum Gasteiger partial charge on any atom is 0.318 e. The van der Waals surface area contributed by atoms with Crippen molar-refractivity contribution in [1.29, 1.82) is 0 Å². The highest BCUT2D eigenvalue weighted by atomic mass is 16.6. The van der Waals surface area contributed by atoms with Gasteiger partial charge in [-0.15, -0.1) is 0 Å². The van der Waals surface area contributed by atoms with Crippen LogP contribution in [0, 0.1) is 27.2 Å². The summed E-state index contributed by atoms with van der Waals surface area (Å²) < 4.78 is 4.61. The van der Waals surface area contributed by atoms with Gasteiger partial charge in [0.2, 0.25) is 17.0 Å². The van der Waals surface area contributed by atoms with E-state index in [4.69, 9.17) is 0 Å². The van der Waals surface area contributed by atoms with Crippen LogP contribution in [-0.2, 0) is 0 Å². The lowest BCUT2D eigenvalue weighted by atomic mass is 10.1. The van der Waals surface area contributed by atoms with Crippen LogP contribution >= 0.6 is 0 Å². The quantitative estimate of drug-likeness (QED) is 0.167. The standard InChI is InChI=1S/C18H14N10O6/c1-9-2-4-11(5-3-9)22-24-16-15(20-17-18(21-16)26-34-25-17)23-19-8-10-6-12(27(30)31)7-13(14(10)29)28(32)33/h2-8,22,29H,1H3,(H,20,23,25)(H,21,24,26)/b19-8+. The van der Waals surface area contributed by atoms with Crippen LogP contribution in [-0.4, -0.2) is 41.4 Å². The van der Waals surface area contributed by atoms with Gasteiger partial charge in [-0.3, -0.25) is 36.5 Å². The van der Waals surface area contributed by atoms with E-state index in [0.717, 1.165) is 17.8 Å². The van der Waals surface area contributed by atoms with E-state index >= 15 is 0 Å². The van der Waals surface area contributed by atoms with Crippen LogP contribution in [0.3, 0.4) is 0 Å². The van der Waals surface area contributed by atoms with Crippen LogP contribution in [0.15, 0.2) is 46.1 Å². The van der Waals surface area contributed by atoms with Gasteiger partial charge in [0.15, 0.2) is 11.6 Å². The number of benzene rings is 2. The fraction of sp³-hybridized carbons (Fsp3) is 0.0556. The van der Waals surface area contributed by atoms with Gasteiger partial charge in [0.1, 0.15) is 0 Å². The summed E-state index contributed by atoms with van der Waals surface area (Å²) >= 11 is 0. The Morgan fingerprint density at radius 2 is 1.68 bits per heavy atom. The predicted molar refractivity (Wildman–Crippen MR) is 118 cm³/mol. The number of aryl methyl sites for hydroxylation is 1. The molecule has 0 radical (unpaired) electrons. The number of nitrogens with one attached hydrogen (secondary N) is 3. The van der Waals surface area contributed by atoms with E-state index < -0.39 is 27.0 Å². The predicted octanol–water partition coefficient (Wildman–Crippen LogP) is 2.73. The molecule has 2 aromatic heterocycles. The molecule has 0 atom stereocenters. The molecule has 0 spiro atoms. The minimum absolute atomic E-state index is 0.0403. The number of rotatable bonds is 8. The summed E-state index contributed by atoms with van der Waals surface area (Å²) in [5.41, 5.74) is 8.58. The third-order valence-electron chi connectivity index (χ3n) is 4.38. The van der Waals surface area contributed by atoms with Crippen molar-refractivity contribution >= 4 is 46.2 Å². The summed E-state index contributed by atoms with van der Waals surface area (Å²) in [5.74, 6) is -0.614. The minimum Gasteiger partial charge on any atom is -0.502 e. The first kappa shape index (κ1) is 21.8. The first-order valence-electron chi connectivity index (χ1n) is 9.35. The molecule has 2 heterocycles. The number of hydrazone groups is 1. The molecule has 0 aliphatic heterocycles. The van der Waals surface area contributed by atoms with E-state index in [-0.39, 0.29) is 28.5 Å². The van der Waals surface area contributed by atoms with E-state index in [1.807, 2.05) is 31.2 Å². The van der Waals surface area contributed by atoms with Crippen molar-refractivity contribution in [3.63, 3.8) is 0 Å². The van der Waals surface area contributed by atoms with Gasteiger partial charge in [0.05, 0.1) is 33.4 Å². The summed E-state index contributed by atoms with van der Waals surface area (Å²) in [5, 5.41) is 43.4. The topological polar surface area (TPSA) is 220 Å². The molecule has 4 N–H and O–H groups in total. The summed E-state index contributed by atoms with van der Waals surface area (Å²) in [6, 6.07) is 9.03. The molecular weight excluding hydrogens is 452 g/mol. The van der Waals surface area contributed by atoms with Crippen LogP contribution in [0.25, 0.3) is 11.3 Å². The molecule has 0 amide bonds. The maximum absolute atomic E-state index is 11.1. The van der Waals surface area contributed by atoms with Crippen LogP contribution in [0.2, 0.25) is 0 Å². The number of non-ortho nitro benzene ring substituents is 1. The molecule has 0 bridgehead atoms. The maximum atomic E-state index is 11.1. The molecule has 0 saturated carbocycles. The van der Waals surface area contributed by atoms with Crippen LogP contribution in [0.5, 0.6) is 5.75 Å². The zero-order valence-corrected chi connectivity index (χ0v) is 17.2. The zero-order valence-electron chi connectivity index (χ0n) is 17.2. The fourth-order valence-corrected chi connectivity index (χ4v) is 2.70. The third-order valence-corrected chi connectivity index (χ3v) is 4.38. The summed E-state index contributed by atoms with van der Waals surface area (Å²) in [7, 11) is 0. The SMILES string of the molecule is Cc1ccc(NNc2nc3nonc3nc2N/N=C/c2cc([N+](=O)[O-])cc([N+](=O)[O-])c2O)cc1. The van der Waals surface area contributed by atoms with E-state index in [9.17, 15) is 25.3 Å². The highest BCUT2D eigenvalue weighted by molar-refractivity contribution is 5.88. The van der Waals surface area contributed by atoms with Gasteiger partial charge in [-0.25, -0.2) is 4.63 Å². The first-order valence-corrected chi connectivity index (χ1v) is 9.35. The lowest BCUT2D eigenvalue weighted by Crippen LogP contribution is -2.13. The second-order valence-corrected chi connectivity index (χ2v) is 6.74. The number of anilines is 3. The largest absolute Gasteiger partial charge is 0.502 e. The van der Waals surface area contributed by atoms with Gasteiger partial charge in [-0.05, 0) is 29.4 Å². The minimum atomic E-state index is -0.942. The number of aromatic nitrogens is 4. The number of phenols is 1. The first-order chi connectivity index (χ1) is 16.3. The third kappa shape index (κ3) is 4.59. The monoisotopic (exact) mass is 466 g/mol. The van der Waals surface area contributed by atoms with E-state index in [1.54, 1.807) is 0 Å². The molecule has 0 fully saturated rings. The molecule has 34 heavy (non-hydrogen) atoms. The Balaban J connectivity index is 1.61. The highest BCUT2D eigenvalue weighted by Gasteiger charge is 2.23. The summed E-state index contributed by atoms with van der Waals surface area (Å²) in [4.78, 5) is 28.8. The molecule has 0 unspecified atom stereocenters. The average molecular weight is 466 g/mol. The lowest BCUT2D eigenvalue weighted by molar-refractivity contribution is -0.394. The second kappa shape index (κ2) is 8.99. The number of fused-ring (bicyclic) bond motifs is 1. The van der Waals surface area contributed by atoms with E-state index in [1.165, 1.54) is 0 Å². The van der Waals surface area contributed by atoms with Crippen molar-refractivity contribution in [2.24, 2.45) is 5.10 Å². The van der Waals surface area contributed by atoms with Crippen LogP contribution in [0.1, 0.15) is 11.1 Å². The van der Waals surface area contributed by atoms with Gasteiger partial charge in [0.25, 0.3) is 5.69 Å². The van der Waals surface area contributed by atoms with Gasteiger partial charge >= 0.3 is 5.69 Å². The van der Waals surface area contributed by atoms with E-state index in [0.29, 0.717) is 11.8 Å². The van der Waals surface area contributed by atoms with Crippen molar-refractivity contribution in [3.8, 4) is 5.75 Å². The Labute approximate surface area is 188 Å². The fourth-order valence-electron chi connectivity index (χ4n) is 2.70. The number of nitrogens with zero attached hydrogens (tertiary/aromatic N) is 7. The Kier molecular flexibility index (Phi) is 5.76. The van der Waals surface area contributed by atoms with Crippen molar-refractivity contribution in [2.75, 3.05) is 16.3 Å². The molecule has 16 nitrogen and oxygen atoms in total. The summed E-state index contributed by atoms with van der Waals surface area (Å²) in [6.07, 6.45) is 0.958. The Hall–Kier alpha value is -5.41. The average Bonchev–Trinajstić information content (AvgIpc) is 3.26. The number of phenolic OH excluding ortho intramolecular Hbond substituents is 1. The molecule has 4 aromatic rings. The molecule has 172 valence electrons.